The summed E-state index contributed by atoms with van der Waals surface area (Å²) in [4.78, 5) is 7.06. The molecule has 1 aromatic heterocycles. The Labute approximate surface area is 114 Å². The largest absolute Gasteiger partial charge is 0.399 e. The van der Waals surface area contributed by atoms with Gasteiger partial charge in [0, 0.05) is 18.8 Å². The highest BCUT2D eigenvalue weighted by atomic mass is 15.1. The lowest BCUT2D eigenvalue weighted by Gasteiger charge is -2.30. The van der Waals surface area contributed by atoms with Crippen LogP contribution >= 0.6 is 0 Å². The van der Waals surface area contributed by atoms with Crippen LogP contribution in [0.5, 0.6) is 0 Å². The van der Waals surface area contributed by atoms with Crippen molar-refractivity contribution < 1.29 is 0 Å². The van der Waals surface area contributed by atoms with E-state index in [4.69, 9.17) is 5.73 Å². The van der Waals surface area contributed by atoms with E-state index in [0.717, 1.165) is 29.5 Å². The summed E-state index contributed by atoms with van der Waals surface area (Å²) in [6.45, 7) is 5.57. The van der Waals surface area contributed by atoms with Crippen LogP contribution in [0.4, 0.5) is 5.69 Å². The molecule has 1 aliphatic rings. The zero-order valence-corrected chi connectivity index (χ0v) is 11.8. The number of hydrogen-bond donors (Lipinski definition) is 1. The molecule has 2 aromatic rings. The number of rotatable bonds is 2. The van der Waals surface area contributed by atoms with Gasteiger partial charge in [0.05, 0.1) is 11.0 Å². The van der Waals surface area contributed by atoms with Gasteiger partial charge >= 0.3 is 0 Å². The zero-order valence-electron chi connectivity index (χ0n) is 11.8. The van der Waals surface area contributed by atoms with Crippen molar-refractivity contribution in [1.29, 1.82) is 0 Å². The first-order valence-corrected chi connectivity index (χ1v) is 7.04. The fraction of sp³-hybridized carbons (Fsp3) is 0.533. The van der Waals surface area contributed by atoms with Gasteiger partial charge in [-0.3, -0.25) is 0 Å². The lowest BCUT2D eigenvalue weighted by Crippen LogP contribution is -2.34. The van der Waals surface area contributed by atoms with Crippen LogP contribution in [0.3, 0.4) is 0 Å². The predicted octanol–water partition coefficient (Wildman–Crippen LogP) is 2.27. The van der Waals surface area contributed by atoms with E-state index in [1.165, 1.54) is 31.4 Å². The molecular formula is C15H22N4. The number of hydrogen-bond acceptors (Lipinski definition) is 3. The number of aryl methyl sites for hydroxylation is 1. The van der Waals surface area contributed by atoms with Crippen LogP contribution in [0.25, 0.3) is 11.0 Å². The molecule has 2 N–H and O–H groups in total. The first-order chi connectivity index (χ1) is 9.13. The van der Waals surface area contributed by atoms with Crippen molar-refractivity contribution in [2.24, 2.45) is 5.92 Å². The molecule has 1 aromatic carbocycles. The Morgan fingerprint density at radius 3 is 3.05 bits per heavy atom. The van der Waals surface area contributed by atoms with Crippen molar-refractivity contribution in [1.82, 2.24) is 14.5 Å². The first-order valence-electron chi connectivity index (χ1n) is 7.04. The maximum absolute atomic E-state index is 5.83. The number of nitrogens with two attached hydrogens (primary N) is 1. The Kier molecular flexibility index (Phi) is 3.19. The van der Waals surface area contributed by atoms with Gasteiger partial charge < -0.3 is 15.2 Å². The Bertz CT molecular complexity index is 587. The standard InChI is InChI=1S/C15H22N4/c1-11-17-14-8-13(16)5-6-15(14)19(11)10-12-4-3-7-18(2)9-12/h5-6,8,12H,3-4,7,9-10,16H2,1-2H3. The summed E-state index contributed by atoms with van der Waals surface area (Å²) in [7, 11) is 2.21. The Hall–Kier alpha value is -1.55. The molecule has 1 saturated heterocycles. The van der Waals surface area contributed by atoms with Gasteiger partial charge in [-0.05, 0) is 57.5 Å². The monoisotopic (exact) mass is 258 g/mol. The van der Waals surface area contributed by atoms with Crippen LogP contribution in [0.1, 0.15) is 18.7 Å². The van der Waals surface area contributed by atoms with Crippen LogP contribution in [0.2, 0.25) is 0 Å². The molecule has 0 bridgehead atoms. The van der Waals surface area contributed by atoms with Crippen LogP contribution in [-0.2, 0) is 6.54 Å². The van der Waals surface area contributed by atoms with Gasteiger partial charge in [-0.1, -0.05) is 0 Å². The van der Waals surface area contributed by atoms with E-state index in [0.29, 0.717) is 0 Å². The Morgan fingerprint density at radius 1 is 1.42 bits per heavy atom. The van der Waals surface area contributed by atoms with Gasteiger partial charge in [0.2, 0.25) is 0 Å². The van der Waals surface area contributed by atoms with E-state index < -0.39 is 0 Å². The number of benzene rings is 1. The van der Waals surface area contributed by atoms with Gasteiger partial charge in [0.25, 0.3) is 0 Å². The van der Waals surface area contributed by atoms with E-state index >= 15 is 0 Å². The minimum absolute atomic E-state index is 0.729. The van der Waals surface area contributed by atoms with Crippen LogP contribution in [0, 0.1) is 12.8 Å². The van der Waals surface area contributed by atoms with Gasteiger partial charge in [0.1, 0.15) is 5.82 Å². The third-order valence-corrected chi connectivity index (χ3v) is 4.13. The molecule has 102 valence electrons. The number of anilines is 1. The van der Waals surface area contributed by atoms with Gasteiger partial charge in [-0.15, -0.1) is 0 Å². The van der Waals surface area contributed by atoms with Crippen molar-refractivity contribution in [2.45, 2.75) is 26.3 Å². The lowest BCUT2D eigenvalue weighted by molar-refractivity contribution is 0.195. The number of piperidine rings is 1. The first kappa shape index (κ1) is 12.5. The second kappa shape index (κ2) is 4.85. The van der Waals surface area contributed by atoms with Gasteiger partial charge in [-0.2, -0.15) is 0 Å². The van der Waals surface area contributed by atoms with E-state index in [-0.39, 0.29) is 0 Å². The fourth-order valence-electron chi connectivity index (χ4n) is 3.18. The summed E-state index contributed by atoms with van der Waals surface area (Å²) >= 11 is 0. The summed E-state index contributed by atoms with van der Waals surface area (Å²) in [5.41, 5.74) is 8.84. The lowest BCUT2D eigenvalue weighted by atomic mass is 9.98. The van der Waals surface area contributed by atoms with E-state index in [9.17, 15) is 0 Å². The van der Waals surface area contributed by atoms with E-state index in [1.54, 1.807) is 0 Å². The molecule has 1 fully saturated rings. The molecule has 1 atom stereocenters. The third kappa shape index (κ3) is 2.45. The number of likely N-dealkylation sites (tertiary alicyclic amines) is 1. The Balaban J connectivity index is 1.89. The molecule has 4 nitrogen and oxygen atoms in total. The molecule has 1 unspecified atom stereocenters. The Morgan fingerprint density at radius 2 is 2.26 bits per heavy atom. The molecule has 2 heterocycles. The third-order valence-electron chi connectivity index (χ3n) is 4.13. The number of fused-ring (bicyclic) bond motifs is 1. The predicted molar refractivity (Wildman–Crippen MR) is 79.1 cm³/mol. The summed E-state index contributed by atoms with van der Waals surface area (Å²) in [5, 5.41) is 0. The van der Waals surface area contributed by atoms with Crippen LogP contribution in [0.15, 0.2) is 18.2 Å². The average molecular weight is 258 g/mol. The molecule has 0 amide bonds. The second-order valence-corrected chi connectivity index (χ2v) is 5.79. The smallest absolute Gasteiger partial charge is 0.106 e. The number of nitrogens with zero attached hydrogens (tertiary/aromatic N) is 3. The normalized spacial score (nSPS) is 21.1. The quantitative estimate of drug-likeness (QED) is 0.841. The highest BCUT2D eigenvalue weighted by Gasteiger charge is 2.19. The zero-order chi connectivity index (χ0) is 13.4. The maximum Gasteiger partial charge on any atom is 0.106 e. The van der Waals surface area contributed by atoms with E-state index in [1.807, 2.05) is 12.1 Å². The molecule has 0 saturated carbocycles. The molecule has 3 rings (SSSR count). The van der Waals surface area contributed by atoms with Crippen LogP contribution in [-0.4, -0.2) is 34.6 Å². The van der Waals surface area contributed by atoms with Crippen molar-refractivity contribution >= 4 is 16.7 Å². The van der Waals surface area contributed by atoms with Crippen molar-refractivity contribution in [3.63, 3.8) is 0 Å². The summed E-state index contributed by atoms with van der Waals surface area (Å²) in [5.74, 6) is 1.82. The molecular weight excluding hydrogens is 236 g/mol. The fourth-order valence-corrected chi connectivity index (χ4v) is 3.18. The number of nitrogen functional groups attached to an aromatic ring is 1. The van der Waals surface area contributed by atoms with Gasteiger partial charge in [-0.25, -0.2) is 4.98 Å². The second-order valence-electron chi connectivity index (χ2n) is 5.79. The van der Waals surface area contributed by atoms with Crippen molar-refractivity contribution in [3.05, 3.63) is 24.0 Å². The summed E-state index contributed by atoms with van der Waals surface area (Å²) < 4.78 is 2.35. The summed E-state index contributed by atoms with van der Waals surface area (Å²) in [6.07, 6.45) is 2.62. The SMILES string of the molecule is Cc1nc2cc(N)ccc2n1CC1CCCN(C)C1. The topological polar surface area (TPSA) is 47.1 Å². The molecule has 0 spiro atoms. The molecule has 1 aliphatic heterocycles. The number of imidazole rings is 1. The van der Waals surface area contributed by atoms with Crippen LogP contribution < -0.4 is 5.73 Å². The van der Waals surface area contributed by atoms with Gasteiger partial charge in [0.15, 0.2) is 0 Å². The molecule has 4 heteroatoms. The minimum atomic E-state index is 0.729. The minimum Gasteiger partial charge on any atom is -0.399 e. The van der Waals surface area contributed by atoms with Crippen molar-refractivity contribution in [3.8, 4) is 0 Å². The molecule has 0 radical (unpaired) electrons. The average Bonchev–Trinajstić information content (AvgIpc) is 2.65. The highest BCUT2D eigenvalue weighted by Crippen LogP contribution is 2.23. The highest BCUT2D eigenvalue weighted by molar-refractivity contribution is 5.79. The molecule has 0 aliphatic carbocycles. The van der Waals surface area contributed by atoms with E-state index in [2.05, 4.69) is 34.5 Å². The number of aromatic nitrogens is 2. The summed E-state index contributed by atoms with van der Waals surface area (Å²) in [6, 6.07) is 6.02. The maximum atomic E-state index is 5.83. The molecule has 19 heavy (non-hydrogen) atoms. The van der Waals surface area contributed by atoms with Crippen molar-refractivity contribution in [2.75, 3.05) is 25.9 Å².